The van der Waals surface area contributed by atoms with Crippen molar-refractivity contribution in [1.29, 1.82) is 0 Å². The average molecular weight is 229 g/mol. The van der Waals surface area contributed by atoms with Gasteiger partial charge in [-0.1, -0.05) is 23.2 Å². The number of nitrogens with zero attached hydrogens (tertiary/aromatic N) is 2. The molecule has 2 rings (SSSR count). The Morgan fingerprint density at radius 1 is 1.29 bits per heavy atom. The van der Waals surface area contributed by atoms with Crippen molar-refractivity contribution in [1.82, 2.24) is 9.78 Å². The van der Waals surface area contributed by atoms with Gasteiger partial charge in [-0.25, -0.2) is 0 Å². The molecule has 4 heteroatoms. The van der Waals surface area contributed by atoms with Crippen molar-refractivity contribution < 1.29 is 0 Å². The smallest absolute Gasteiger partial charge is 0.135 e. The zero-order valence-corrected chi connectivity index (χ0v) is 9.47. The molecule has 0 spiro atoms. The molecule has 0 atom stereocenters. The predicted octanol–water partition coefficient (Wildman–Crippen LogP) is 3.92. The maximum absolute atomic E-state index is 6.16. The van der Waals surface area contributed by atoms with Crippen molar-refractivity contribution in [2.75, 3.05) is 0 Å². The fraction of sp³-hybridized carbons (Fsp3) is 0.300. The number of aromatic nitrogens is 2. The lowest BCUT2D eigenvalue weighted by Crippen LogP contribution is -2.01. The Morgan fingerprint density at radius 3 is 2.64 bits per heavy atom. The average Bonchev–Trinajstić information content (AvgIpc) is 2.43. The van der Waals surface area contributed by atoms with E-state index in [2.05, 4.69) is 5.10 Å². The first kappa shape index (κ1) is 9.81. The summed E-state index contributed by atoms with van der Waals surface area (Å²) in [5.41, 5.74) is 0.844. The molecular weight excluding hydrogens is 219 g/mol. The molecule has 0 radical (unpaired) electrons. The van der Waals surface area contributed by atoms with Crippen LogP contribution in [0.1, 0.15) is 19.9 Å². The van der Waals surface area contributed by atoms with Gasteiger partial charge in [-0.3, -0.25) is 4.68 Å². The summed E-state index contributed by atoms with van der Waals surface area (Å²) >= 11 is 12.0. The van der Waals surface area contributed by atoms with Crippen LogP contribution in [0.15, 0.2) is 18.2 Å². The molecule has 0 N–H and O–H groups in total. The molecule has 0 aliphatic rings. The Hall–Kier alpha value is -0.730. The number of rotatable bonds is 1. The zero-order valence-electron chi connectivity index (χ0n) is 7.96. The molecule has 0 saturated carbocycles. The predicted molar refractivity (Wildman–Crippen MR) is 60.1 cm³/mol. The quantitative estimate of drug-likeness (QED) is 0.724. The molecule has 0 bridgehead atoms. The highest BCUT2D eigenvalue weighted by Gasteiger charge is 2.10. The van der Waals surface area contributed by atoms with E-state index in [0.717, 1.165) is 10.9 Å². The Bertz CT molecular complexity index is 474. The van der Waals surface area contributed by atoms with Crippen LogP contribution in [0.5, 0.6) is 0 Å². The summed E-state index contributed by atoms with van der Waals surface area (Å²) in [6, 6.07) is 5.80. The molecule has 2 nitrogen and oxygen atoms in total. The van der Waals surface area contributed by atoms with Crippen LogP contribution in [0.2, 0.25) is 10.2 Å². The largest absolute Gasteiger partial charge is 0.250 e. The lowest BCUT2D eigenvalue weighted by atomic mass is 10.2. The fourth-order valence-electron chi connectivity index (χ4n) is 1.39. The van der Waals surface area contributed by atoms with Crippen LogP contribution in [0.25, 0.3) is 10.9 Å². The van der Waals surface area contributed by atoms with Gasteiger partial charge < -0.3 is 0 Å². The van der Waals surface area contributed by atoms with Crippen molar-refractivity contribution in [3.63, 3.8) is 0 Å². The highest BCUT2D eigenvalue weighted by molar-refractivity contribution is 6.35. The van der Waals surface area contributed by atoms with E-state index >= 15 is 0 Å². The van der Waals surface area contributed by atoms with Gasteiger partial charge in [-0.05, 0) is 32.0 Å². The van der Waals surface area contributed by atoms with Crippen molar-refractivity contribution in [3.05, 3.63) is 28.4 Å². The van der Waals surface area contributed by atoms with Gasteiger partial charge in [0.05, 0.1) is 5.52 Å². The van der Waals surface area contributed by atoms with Gasteiger partial charge in [-0.2, -0.15) is 5.10 Å². The maximum atomic E-state index is 6.16. The summed E-state index contributed by atoms with van der Waals surface area (Å²) in [5, 5.41) is 6.68. The molecule has 1 heterocycles. The van der Waals surface area contributed by atoms with Crippen LogP contribution in [0.3, 0.4) is 0 Å². The van der Waals surface area contributed by atoms with E-state index in [1.165, 1.54) is 0 Å². The Morgan fingerprint density at radius 2 is 2.00 bits per heavy atom. The van der Waals surface area contributed by atoms with Crippen LogP contribution in [-0.2, 0) is 0 Å². The Labute approximate surface area is 92.4 Å². The molecule has 0 amide bonds. The molecule has 0 saturated heterocycles. The van der Waals surface area contributed by atoms with Gasteiger partial charge in [0.2, 0.25) is 0 Å². The zero-order chi connectivity index (χ0) is 10.3. The van der Waals surface area contributed by atoms with Gasteiger partial charge in [0.25, 0.3) is 0 Å². The number of halogens is 2. The standard InChI is InChI=1S/C10H10Cl2N2/c1-6(2)14-10(12)8-4-3-7(11)5-9(8)13-14/h3-6H,1-2H3. The number of hydrogen-bond donors (Lipinski definition) is 0. The van der Waals surface area contributed by atoms with E-state index in [4.69, 9.17) is 23.2 Å². The fourth-order valence-corrected chi connectivity index (χ4v) is 1.95. The summed E-state index contributed by atoms with van der Waals surface area (Å²) in [4.78, 5) is 0. The monoisotopic (exact) mass is 228 g/mol. The first-order valence-corrected chi connectivity index (χ1v) is 5.18. The molecule has 0 unspecified atom stereocenters. The molecule has 74 valence electrons. The van der Waals surface area contributed by atoms with E-state index in [1.54, 1.807) is 4.68 Å². The molecule has 14 heavy (non-hydrogen) atoms. The highest BCUT2D eigenvalue weighted by atomic mass is 35.5. The van der Waals surface area contributed by atoms with Gasteiger partial charge >= 0.3 is 0 Å². The normalized spacial score (nSPS) is 11.5. The summed E-state index contributed by atoms with van der Waals surface area (Å²) < 4.78 is 1.79. The van der Waals surface area contributed by atoms with Gasteiger partial charge in [0.15, 0.2) is 0 Å². The molecule has 0 fully saturated rings. The van der Waals surface area contributed by atoms with Crippen molar-refractivity contribution in [2.24, 2.45) is 0 Å². The Kier molecular flexibility index (Phi) is 2.41. The topological polar surface area (TPSA) is 17.8 Å². The number of hydrogen-bond acceptors (Lipinski definition) is 1. The van der Waals surface area contributed by atoms with E-state index in [9.17, 15) is 0 Å². The molecule has 0 aliphatic heterocycles. The summed E-state index contributed by atoms with van der Waals surface area (Å²) in [5.74, 6) is 0. The third kappa shape index (κ3) is 1.49. The van der Waals surface area contributed by atoms with Crippen LogP contribution < -0.4 is 0 Å². The van der Waals surface area contributed by atoms with E-state index in [0.29, 0.717) is 10.2 Å². The molecule has 0 aliphatic carbocycles. The van der Waals surface area contributed by atoms with E-state index in [1.807, 2.05) is 32.0 Å². The summed E-state index contributed by atoms with van der Waals surface area (Å²) in [7, 11) is 0. The Balaban J connectivity index is 2.73. The second-order valence-electron chi connectivity index (χ2n) is 3.49. The number of fused-ring (bicyclic) bond motifs is 1. The van der Waals surface area contributed by atoms with E-state index in [-0.39, 0.29) is 6.04 Å². The molecule has 1 aromatic carbocycles. The minimum absolute atomic E-state index is 0.258. The molecule has 2 aromatic rings. The van der Waals surface area contributed by atoms with E-state index < -0.39 is 0 Å². The van der Waals surface area contributed by atoms with Crippen molar-refractivity contribution in [3.8, 4) is 0 Å². The van der Waals surface area contributed by atoms with Gasteiger partial charge in [0, 0.05) is 16.5 Å². The second kappa shape index (κ2) is 3.44. The van der Waals surface area contributed by atoms with Crippen LogP contribution in [-0.4, -0.2) is 9.78 Å². The van der Waals surface area contributed by atoms with Crippen LogP contribution in [0.4, 0.5) is 0 Å². The van der Waals surface area contributed by atoms with Gasteiger partial charge in [0.1, 0.15) is 5.15 Å². The third-order valence-corrected chi connectivity index (χ3v) is 2.70. The van der Waals surface area contributed by atoms with Crippen molar-refractivity contribution in [2.45, 2.75) is 19.9 Å². The second-order valence-corrected chi connectivity index (χ2v) is 4.29. The summed E-state index contributed by atoms with van der Waals surface area (Å²) in [6.45, 7) is 4.08. The van der Waals surface area contributed by atoms with Crippen molar-refractivity contribution >= 4 is 34.1 Å². The van der Waals surface area contributed by atoms with Gasteiger partial charge in [-0.15, -0.1) is 0 Å². The lowest BCUT2D eigenvalue weighted by Gasteiger charge is -2.05. The van der Waals surface area contributed by atoms with Crippen LogP contribution >= 0.6 is 23.2 Å². The molecular formula is C10H10Cl2N2. The summed E-state index contributed by atoms with van der Waals surface area (Å²) in [6.07, 6.45) is 0. The minimum atomic E-state index is 0.258. The minimum Gasteiger partial charge on any atom is -0.250 e. The molecule has 1 aromatic heterocycles. The maximum Gasteiger partial charge on any atom is 0.135 e. The highest BCUT2D eigenvalue weighted by Crippen LogP contribution is 2.27. The SMILES string of the molecule is CC(C)n1nc2cc(Cl)ccc2c1Cl. The lowest BCUT2D eigenvalue weighted by molar-refractivity contribution is 0.538. The third-order valence-electron chi connectivity index (χ3n) is 2.09. The first-order valence-electron chi connectivity index (χ1n) is 4.43. The number of benzene rings is 1. The van der Waals surface area contributed by atoms with Crippen LogP contribution in [0, 0.1) is 0 Å². The first-order chi connectivity index (χ1) is 6.59.